The average Bonchev–Trinajstić information content (AvgIpc) is 3.01. The van der Waals surface area contributed by atoms with Crippen molar-refractivity contribution in [3.8, 4) is 5.69 Å². The Morgan fingerprint density at radius 1 is 1.23 bits per heavy atom. The van der Waals surface area contributed by atoms with Gasteiger partial charge in [-0.05, 0) is 43.8 Å². The number of hydrogen-bond donors (Lipinski definition) is 1. The van der Waals surface area contributed by atoms with Gasteiger partial charge in [-0.25, -0.2) is 4.68 Å². The number of carbonyl (C=O) groups excluding carboxylic acids is 1. The highest BCUT2D eigenvalue weighted by atomic mass is 32.2. The molecule has 134 valence electrons. The Morgan fingerprint density at radius 3 is 2.62 bits per heavy atom. The lowest BCUT2D eigenvalue weighted by Gasteiger charge is -2.10. The van der Waals surface area contributed by atoms with Crippen LogP contribution in [0.15, 0.2) is 58.9 Å². The number of benzene rings is 2. The Kier molecular flexibility index (Phi) is 6.24. The minimum atomic E-state index is -0.245. The predicted octanol–water partition coefficient (Wildman–Crippen LogP) is 4.77. The third-order valence-corrected chi connectivity index (χ3v) is 6.18. The Hall–Kier alpha value is -1.96. The zero-order valence-corrected chi connectivity index (χ0v) is 17.0. The third kappa shape index (κ3) is 4.81. The lowest BCUT2D eigenvalue weighted by molar-refractivity contribution is -0.120. The van der Waals surface area contributed by atoms with E-state index in [1.165, 1.54) is 28.7 Å². The standard InChI is InChI=1S/C19H19N3OS3/c1-13-8-10-15(11-9-13)12-20-17(23)14(2)25-18-21-22(19(24)26-18)16-6-4-3-5-7-16/h3-11,14H,12H2,1-2H3,(H,20,23). The zero-order chi connectivity index (χ0) is 18.5. The van der Waals surface area contributed by atoms with Crippen molar-refractivity contribution in [3.05, 3.63) is 69.7 Å². The second kappa shape index (κ2) is 8.62. The topological polar surface area (TPSA) is 46.9 Å². The van der Waals surface area contributed by atoms with Crippen LogP contribution in [0.1, 0.15) is 18.1 Å². The monoisotopic (exact) mass is 401 g/mol. The third-order valence-electron chi connectivity index (χ3n) is 3.76. The molecule has 0 saturated carbocycles. The summed E-state index contributed by atoms with van der Waals surface area (Å²) in [6, 6.07) is 17.9. The number of para-hydroxylation sites is 1. The number of aromatic nitrogens is 2. The molecule has 1 amide bonds. The first-order valence-corrected chi connectivity index (χ1v) is 10.3. The minimum absolute atomic E-state index is 0.0112. The second-order valence-electron chi connectivity index (χ2n) is 5.84. The maximum Gasteiger partial charge on any atom is 0.233 e. The maximum absolute atomic E-state index is 12.4. The van der Waals surface area contributed by atoms with Gasteiger partial charge in [-0.1, -0.05) is 71.1 Å². The van der Waals surface area contributed by atoms with Crippen LogP contribution in [-0.2, 0) is 11.3 Å². The molecule has 0 aliphatic heterocycles. The van der Waals surface area contributed by atoms with E-state index in [0.29, 0.717) is 10.5 Å². The molecule has 1 unspecified atom stereocenters. The molecule has 0 aliphatic carbocycles. The van der Waals surface area contributed by atoms with Gasteiger partial charge < -0.3 is 5.32 Å². The van der Waals surface area contributed by atoms with E-state index in [-0.39, 0.29) is 11.2 Å². The summed E-state index contributed by atoms with van der Waals surface area (Å²) in [6.45, 7) is 4.45. The Bertz CT molecular complexity index is 933. The van der Waals surface area contributed by atoms with E-state index in [9.17, 15) is 4.79 Å². The highest BCUT2D eigenvalue weighted by Gasteiger charge is 2.17. The van der Waals surface area contributed by atoms with Crippen LogP contribution in [0, 0.1) is 10.9 Å². The van der Waals surface area contributed by atoms with Gasteiger partial charge in [0.05, 0.1) is 10.9 Å². The number of hydrogen-bond acceptors (Lipinski definition) is 5. The zero-order valence-electron chi connectivity index (χ0n) is 14.5. The Labute approximate surface area is 166 Å². The van der Waals surface area contributed by atoms with Crippen molar-refractivity contribution in [3.63, 3.8) is 0 Å². The van der Waals surface area contributed by atoms with E-state index < -0.39 is 0 Å². The quantitative estimate of drug-likeness (QED) is 0.477. The summed E-state index contributed by atoms with van der Waals surface area (Å²) in [6.07, 6.45) is 0. The molecule has 4 nitrogen and oxygen atoms in total. The lowest BCUT2D eigenvalue weighted by atomic mass is 10.1. The first kappa shape index (κ1) is 18.8. The highest BCUT2D eigenvalue weighted by Crippen LogP contribution is 2.27. The number of nitrogens with one attached hydrogen (secondary N) is 1. The molecular formula is C19H19N3OS3. The summed E-state index contributed by atoms with van der Waals surface area (Å²) in [5.41, 5.74) is 3.22. The number of nitrogens with zero attached hydrogens (tertiary/aromatic N) is 2. The van der Waals surface area contributed by atoms with Gasteiger partial charge in [-0.2, -0.15) is 0 Å². The molecule has 0 radical (unpaired) electrons. The molecule has 7 heteroatoms. The lowest BCUT2D eigenvalue weighted by Crippen LogP contribution is -2.30. The van der Waals surface area contributed by atoms with Gasteiger partial charge in [-0.15, -0.1) is 5.10 Å². The fourth-order valence-corrected chi connectivity index (χ4v) is 4.81. The van der Waals surface area contributed by atoms with E-state index in [1.54, 1.807) is 4.68 Å². The van der Waals surface area contributed by atoms with E-state index in [1.807, 2.05) is 68.4 Å². The summed E-state index contributed by atoms with van der Waals surface area (Å²) >= 11 is 8.25. The molecule has 3 rings (SSSR count). The van der Waals surface area contributed by atoms with Crippen LogP contribution in [-0.4, -0.2) is 20.9 Å². The van der Waals surface area contributed by atoms with Crippen molar-refractivity contribution in [1.29, 1.82) is 0 Å². The largest absolute Gasteiger partial charge is 0.351 e. The van der Waals surface area contributed by atoms with Crippen molar-refractivity contribution < 1.29 is 4.79 Å². The number of aryl methyl sites for hydroxylation is 1. The smallest absolute Gasteiger partial charge is 0.233 e. The molecule has 0 fully saturated rings. The molecule has 1 N–H and O–H groups in total. The van der Waals surface area contributed by atoms with E-state index in [4.69, 9.17) is 12.2 Å². The minimum Gasteiger partial charge on any atom is -0.351 e. The molecule has 2 aromatic carbocycles. The molecule has 0 aliphatic rings. The van der Waals surface area contributed by atoms with E-state index in [0.717, 1.165) is 15.6 Å². The van der Waals surface area contributed by atoms with Crippen molar-refractivity contribution in [1.82, 2.24) is 15.1 Å². The van der Waals surface area contributed by atoms with Crippen molar-refractivity contribution in [2.45, 2.75) is 30.0 Å². The maximum atomic E-state index is 12.4. The van der Waals surface area contributed by atoms with Crippen LogP contribution in [0.3, 0.4) is 0 Å². The van der Waals surface area contributed by atoms with Gasteiger partial charge in [0.1, 0.15) is 0 Å². The Morgan fingerprint density at radius 2 is 1.92 bits per heavy atom. The number of amides is 1. The fourth-order valence-electron chi connectivity index (χ4n) is 2.28. The van der Waals surface area contributed by atoms with Crippen LogP contribution in [0.25, 0.3) is 5.69 Å². The summed E-state index contributed by atoms with van der Waals surface area (Å²) < 4.78 is 3.20. The van der Waals surface area contributed by atoms with Crippen molar-refractivity contribution in [2.75, 3.05) is 0 Å². The first-order chi connectivity index (χ1) is 12.5. The SMILES string of the molecule is Cc1ccc(CNC(=O)C(C)Sc2nn(-c3ccccc3)c(=S)s2)cc1. The van der Waals surface area contributed by atoms with Crippen molar-refractivity contribution >= 4 is 41.2 Å². The van der Waals surface area contributed by atoms with Crippen LogP contribution in [0.2, 0.25) is 0 Å². The van der Waals surface area contributed by atoms with Crippen LogP contribution in [0.5, 0.6) is 0 Å². The molecule has 0 saturated heterocycles. The normalized spacial score (nSPS) is 11.9. The number of carbonyl (C=O) groups is 1. The summed E-state index contributed by atoms with van der Waals surface area (Å²) in [7, 11) is 0. The molecule has 1 aromatic heterocycles. The van der Waals surface area contributed by atoms with Gasteiger partial charge in [0.25, 0.3) is 0 Å². The molecule has 0 spiro atoms. The van der Waals surface area contributed by atoms with E-state index >= 15 is 0 Å². The Balaban J connectivity index is 1.60. The molecule has 0 bridgehead atoms. The van der Waals surface area contributed by atoms with Gasteiger partial charge in [0.2, 0.25) is 5.91 Å². The van der Waals surface area contributed by atoms with E-state index in [2.05, 4.69) is 10.4 Å². The van der Waals surface area contributed by atoms with Crippen LogP contribution >= 0.6 is 35.3 Å². The van der Waals surface area contributed by atoms with Crippen LogP contribution < -0.4 is 5.32 Å². The number of thioether (sulfide) groups is 1. The summed E-state index contributed by atoms with van der Waals surface area (Å²) in [5, 5.41) is 7.27. The molecule has 26 heavy (non-hydrogen) atoms. The predicted molar refractivity (Wildman–Crippen MR) is 111 cm³/mol. The second-order valence-corrected chi connectivity index (χ2v) is 9.06. The summed E-state index contributed by atoms with van der Waals surface area (Å²) in [4.78, 5) is 12.4. The van der Waals surface area contributed by atoms with Gasteiger partial charge in [-0.3, -0.25) is 4.79 Å². The van der Waals surface area contributed by atoms with Gasteiger partial charge in [0, 0.05) is 6.54 Å². The molecular weight excluding hydrogens is 382 g/mol. The highest BCUT2D eigenvalue weighted by molar-refractivity contribution is 8.02. The van der Waals surface area contributed by atoms with Gasteiger partial charge >= 0.3 is 0 Å². The first-order valence-electron chi connectivity index (χ1n) is 8.18. The molecule has 1 atom stereocenters. The number of rotatable bonds is 6. The molecule has 1 heterocycles. The van der Waals surface area contributed by atoms with Crippen molar-refractivity contribution in [2.24, 2.45) is 0 Å². The molecule has 3 aromatic rings. The van der Waals surface area contributed by atoms with Gasteiger partial charge in [0.15, 0.2) is 8.29 Å². The fraction of sp³-hybridized carbons (Fsp3) is 0.211. The average molecular weight is 402 g/mol. The summed E-state index contributed by atoms with van der Waals surface area (Å²) in [5.74, 6) is -0.0112. The van der Waals surface area contributed by atoms with Crippen LogP contribution in [0.4, 0.5) is 0 Å².